The van der Waals surface area contributed by atoms with Gasteiger partial charge in [0.05, 0.1) is 6.61 Å². The van der Waals surface area contributed by atoms with Crippen molar-refractivity contribution in [3.63, 3.8) is 0 Å². The van der Waals surface area contributed by atoms with Crippen LogP contribution in [0.2, 0.25) is 0 Å². The van der Waals surface area contributed by atoms with Gasteiger partial charge in [-0.15, -0.1) is 0 Å². The predicted octanol–water partition coefficient (Wildman–Crippen LogP) is 13.1. The van der Waals surface area contributed by atoms with Crippen molar-refractivity contribution in [1.82, 2.24) is 0 Å². The van der Waals surface area contributed by atoms with Gasteiger partial charge in [0.15, 0.2) is 0 Å². The molecule has 39 heavy (non-hydrogen) atoms. The Kier molecular flexibility index (Phi) is 32.7. The molecule has 2 heteroatoms. The van der Waals surface area contributed by atoms with Crippen LogP contribution in [0.15, 0.2) is 12.2 Å². The van der Waals surface area contributed by atoms with Crippen molar-refractivity contribution in [3.05, 3.63) is 12.2 Å². The van der Waals surface area contributed by atoms with E-state index in [1.54, 1.807) is 0 Å². The second-order valence-corrected chi connectivity index (χ2v) is 12.5. The maximum Gasteiger partial charge on any atom is 0.305 e. The van der Waals surface area contributed by atoms with Crippen molar-refractivity contribution in [3.8, 4) is 0 Å². The molecule has 0 N–H and O–H groups in total. The molecule has 2 nitrogen and oxygen atoms in total. The molecule has 0 radical (unpaired) electrons. The van der Waals surface area contributed by atoms with Crippen molar-refractivity contribution in [2.45, 2.75) is 207 Å². The molecule has 232 valence electrons. The molecule has 0 aromatic rings. The molecule has 0 saturated carbocycles. The molecule has 0 amide bonds. The highest BCUT2D eigenvalue weighted by atomic mass is 16.5. The highest BCUT2D eigenvalue weighted by Gasteiger charge is 2.03. The number of allylic oxidation sites excluding steroid dienone is 2. The number of ether oxygens (including phenoxy) is 1. The van der Waals surface area contributed by atoms with E-state index in [0.29, 0.717) is 13.0 Å². The molecule has 0 aliphatic rings. The second kappa shape index (κ2) is 33.4. The monoisotopic (exact) mass is 549 g/mol. The molecule has 0 bridgehead atoms. The third-order valence-electron chi connectivity index (χ3n) is 8.44. The standard InChI is InChI=1S/C37H72O2/c1-4-6-7-8-9-10-11-12-13-16-19-22-25-28-31-34-37(38)39-35-32-29-26-23-20-17-14-15-18-21-24-27-30-33-36(3)5-2/h12-13,36H,4-11,14-35H2,1-3H3/b13-12-. The predicted molar refractivity (Wildman–Crippen MR) is 175 cm³/mol. The number of carbonyl (C=O) groups excluding carboxylic acids is 1. The lowest BCUT2D eigenvalue weighted by atomic mass is 9.99. The Hall–Kier alpha value is -0.790. The summed E-state index contributed by atoms with van der Waals surface area (Å²) in [4.78, 5) is 11.9. The molecule has 0 aromatic carbocycles. The Labute approximate surface area is 246 Å². The zero-order valence-corrected chi connectivity index (χ0v) is 27.3. The molecule has 0 aromatic heterocycles. The topological polar surface area (TPSA) is 26.3 Å². The minimum atomic E-state index is 0.0168. The molecule has 0 heterocycles. The van der Waals surface area contributed by atoms with E-state index in [1.165, 1.54) is 161 Å². The number of carbonyl (C=O) groups is 1. The van der Waals surface area contributed by atoms with E-state index in [-0.39, 0.29) is 5.97 Å². The molecule has 0 aliphatic heterocycles. The summed E-state index contributed by atoms with van der Waals surface area (Å²) >= 11 is 0. The zero-order valence-electron chi connectivity index (χ0n) is 27.3. The Morgan fingerprint density at radius 1 is 0.538 bits per heavy atom. The normalized spacial score (nSPS) is 12.4. The highest BCUT2D eigenvalue weighted by Crippen LogP contribution is 2.16. The van der Waals surface area contributed by atoms with Crippen LogP contribution in [-0.4, -0.2) is 12.6 Å². The van der Waals surface area contributed by atoms with Crippen LogP contribution in [-0.2, 0) is 9.53 Å². The fraction of sp³-hybridized carbons (Fsp3) is 0.919. The van der Waals surface area contributed by atoms with Gasteiger partial charge in [0.25, 0.3) is 0 Å². The van der Waals surface area contributed by atoms with Crippen LogP contribution >= 0.6 is 0 Å². The summed E-state index contributed by atoms with van der Waals surface area (Å²) in [6.07, 6.45) is 42.6. The van der Waals surface area contributed by atoms with E-state index in [0.717, 1.165) is 25.2 Å². The largest absolute Gasteiger partial charge is 0.466 e. The fourth-order valence-electron chi connectivity index (χ4n) is 5.34. The molecule has 1 unspecified atom stereocenters. The molecular formula is C37H72O2. The highest BCUT2D eigenvalue weighted by molar-refractivity contribution is 5.69. The minimum Gasteiger partial charge on any atom is -0.466 e. The summed E-state index contributed by atoms with van der Waals surface area (Å²) in [6, 6.07) is 0. The molecule has 0 aliphatic carbocycles. The summed E-state index contributed by atoms with van der Waals surface area (Å²) in [5.41, 5.74) is 0. The van der Waals surface area contributed by atoms with Crippen molar-refractivity contribution in [1.29, 1.82) is 0 Å². The number of esters is 1. The first kappa shape index (κ1) is 38.2. The fourth-order valence-corrected chi connectivity index (χ4v) is 5.34. The SMILES string of the molecule is CCCCCCCC/C=C\CCCCCCCC(=O)OCCCCCCCCCCCCCCCC(C)CC. The number of hydrogen-bond acceptors (Lipinski definition) is 2. The van der Waals surface area contributed by atoms with Crippen molar-refractivity contribution < 1.29 is 9.53 Å². The molecule has 0 fully saturated rings. The average molecular weight is 549 g/mol. The van der Waals surface area contributed by atoms with Gasteiger partial charge < -0.3 is 4.74 Å². The van der Waals surface area contributed by atoms with E-state index in [1.807, 2.05) is 0 Å². The van der Waals surface area contributed by atoms with Gasteiger partial charge in [0, 0.05) is 6.42 Å². The van der Waals surface area contributed by atoms with Crippen LogP contribution in [0.1, 0.15) is 207 Å². The Bertz CT molecular complexity index is 498. The lowest BCUT2D eigenvalue weighted by molar-refractivity contribution is -0.143. The minimum absolute atomic E-state index is 0.0168. The van der Waals surface area contributed by atoms with Crippen molar-refractivity contribution in [2.75, 3.05) is 6.61 Å². The van der Waals surface area contributed by atoms with Gasteiger partial charge in [0.2, 0.25) is 0 Å². The van der Waals surface area contributed by atoms with Gasteiger partial charge >= 0.3 is 5.97 Å². The smallest absolute Gasteiger partial charge is 0.305 e. The summed E-state index contributed by atoms with van der Waals surface area (Å²) < 4.78 is 5.44. The van der Waals surface area contributed by atoms with Gasteiger partial charge in [-0.1, -0.05) is 174 Å². The van der Waals surface area contributed by atoms with Gasteiger partial charge in [0.1, 0.15) is 0 Å². The number of rotatable bonds is 32. The Morgan fingerprint density at radius 3 is 1.44 bits per heavy atom. The van der Waals surface area contributed by atoms with Gasteiger partial charge in [-0.05, 0) is 44.4 Å². The first-order valence-corrected chi connectivity index (χ1v) is 18.0. The summed E-state index contributed by atoms with van der Waals surface area (Å²) in [7, 11) is 0. The molecule has 0 saturated heterocycles. The summed E-state index contributed by atoms with van der Waals surface area (Å²) in [5, 5.41) is 0. The third kappa shape index (κ3) is 33.3. The van der Waals surface area contributed by atoms with Crippen LogP contribution in [0.5, 0.6) is 0 Å². The third-order valence-corrected chi connectivity index (χ3v) is 8.44. The van der Waals surface area contributed by atoms with E-state index in [9.17, 15) is 4.79 Å². The molecular weight excluding hydrogens is 476 g/mol. The Morgan fingerprint density at radius 2 is 0.949 bits per heavy atom. The summed E-state index contributed by atoms with van der Waals surface area (Å²) in [6.45, 7) is 7.60. The van der Waals surface area contributed by atoms with E-state index < -0.39 is 0 Å². The van der Waals surface area contributed by atoms with Crippen LogP contribution in [0, 0.1) is 5.92 Å². The van der Waals surface area contributed by atoms with Crippen molar-refractivity contribution >= 4 is 5.97 Å². The van der Waals surface area contributed by atoms with E-state index in [4.69, 9.17) is 4.74 Å². The average Bonchev–Trinajstić information content (AvgIpc) is 2.94. The number of hydrogen-bond donors (Lipinski definition) is 0. The van der Waals surface area contributed by atoms with Crippen LogP contribution in [0.3, 0.4) is 0 Å². The first-order valence-electron chi connectivity index (χ1n) is 18.0. The van der Waals surface area contributed by atoms with Gasteiger partial charge in [-0.3, -0.25) is 4.79 Å². The maximum absolute atomic E-state index is 11.9. The molecule has 1 atom stereocenters. The zero-order chi connectivity index (χ0) is 28.5. The van der Waals surface area contributed by atoms with Crippen LogP contribution in [0.4, 0.5) is 0 Å². The maximum atomic E-state index is 11.9. The number of unbranched alkanes of at least 4 members (excludes halogenated alkanes) is 23. The quantitative estimate of drug-likeness (QED) is 0.0474. The molecule has 0 spiro atoms. The lowest BCUT2D eigenvalue weighted by Gasteiger charge is -2.07. The van der Waals surface area contributed by atoms with Gasteiger partial charge in [-0.25, -0.2) is 0 Å². The van der Waals surface area contributed by atoms with Gasteiger partial charge in [-0.2, -0.15) is 0 Å². The van der Waals surface area contributed by atoms with Crippen molar-refractivity contribution in [2.24, 2.45) is 5.92 Å². The first-order chi connectivity index (χ1) is 19.2. The van der Waals surface area contributed by atoms with E-state index in [2.05, 4.69) is 32.9 Å². The lowest BCUT2D eigenvalue weighted by Crippen LogP contribution is -2.05. The van der Waals surface area contributed by atoms with Crippen LogP contribution < -0.4 is 0 Å². The second-order valence-electron chi connectivity index (χ2n) is 12.5. The van der Waals surface area contributed by atoms with Crippen LogP contribution in [0.25, 0.3) is 0 Å². The molecule has 0 rings (SSSR count). The summed E-state index contributed by atoms with van der Waals surface area (Å²) in [5.74, 6) is 0.940. The Balaban J connectivity index is 3.20. The van der Waals surface area contributed by atoms with E-state index >= 15 is 0 Å².